The van der Waals surface area contributed by atoms with Crippen LogP contribution in [0.25, 0.3) is 0 Å². The molecule has 11 atom stereocenters. The van der Waals surface area contributed by atoms with Crippen LogP contribution >= 0.6 is 0 Å². The second-order valence-electron chi connectivity index (χ2n) is 17.1. The standard InChI is InChI=1S/C38H57F3O2S/c1-26(33(44(43)28-12-8-7-9-13-28)25-34(2)19-10-5-6-11-20-34)30-16-17-31-29-15-14-27-24-37(42,38(39,40)41)23-22-35(27,3)32(29)18-21-36(30,31)4/h7-9,12-13,26-27,29-33,42H,5-6,10-11,14-25H2,1-4H3/t26-,27-,29-,30+,31-,32-,33?,35-,36+,37-,44?/m0/s1. The molecule has 6 rings (SSSR count). The highest BCUT2D eigenvalue weighted by atomic mass is 32.2. The Hall–Kier alpha value is -0.720. The van der Waals surface area contributed by atoms with Crippen LogP contribution in [0, 0.1) is 51.8 Å². The third-order valence-corrected chi connectivity index (χ3v) is 16.7. The molecule has 1 aromatic carbocycles. The summed E-state index contributed by atoms with van der Waals surface area (Å²) in [5.41, 5.74) is -2.20. The predicted octanol–water partition coefficient (Wildman–Crippen LogP) is 10.5. The second-order valence-corrected chi connectivity index (χ2v) is 18.7. The maximum Gasteiger partial charge on any atom is 0.417 e. The quantitative estimate of drug-likeness (QED) is 0.250. The van der Waals surface area contributed by atoms with Crippen molar-refractivity contribution in [3.8, 4) is 0 Å². The Morgan fingerprint density at radius 1 is 0.841 bits per heavy atom. The summed E-state index contributed by atoms with van der Waals surface area (Å²) < 4.78 is 56.0. The number of benzene rings is 1. The highest BCUT2D eigenvalue weighted by Crippen LogP contribution is 2.69. The number of rotatable bonds is 6. The van der Waals surface area contributed by atoms with Crippen molar-refractivity contribution >= 4 is 11.2 Å². The number of hydrogen-bond donors (Lipinski definition) is 1. The zero-order valence-corrected chi connectivity index (χ0v) is 28.5. The van der Waals surface area contributed by atoms with Gasteiger partial charge in [0.05, 0.1) is 0 Å². The zero-order chi connectivity index (χ0) is 31.5. The van der Waals surface area contributed by atoms with Crippen LogP contribution in [-0.2, 0) is 11.2 Å². The largest absolute Gasteiger partial charge is 0.611 e. The molecule has 0 aliphatic heterocycles. The van der Waals surface area contributed by atoms with Crippen molar-refractivity contribution in [1.29, 1.82) is 0 Å². The van der Waals surface area contributed by atoms with Crippen LogP contribution < -0.4 is 0 Å². The van der Waals surface area contributed by atoms with Crippen molar-refractivity contribution in [2.75, 3.05) is 0 Å². The van der Waals surface area contributed by atoms with Gasteiger partial charge in [-0.05, 0) is 140 Å². The topological polar surface area (TPSA) is 43.3 Å². The molecular weight excluding hydrogens is 577 g/mol. The van der Waals surface area contributed by atoms with Crippen molar-refractivity contribution in [2.45, 2.75) is 152 Å². The van der Waals surface area contributed by atoms with Crippen molar-refractivity contribution in [3.05, 3.63) is 30.3 Å². The van der Waals surface area contributed by atoms with Crippen LogP contribution in [0.1, 0.15) is 130 Å². The fourth-order valence-corrected chi connectivity index (χ4v) is 14.0. The highest BCUT2D eigenvalue weighted by Gasteiger charge is 2.65. The van der Waals surface area contributed by atoms with Gasteiger partial charge in [0.15, 0.2) is 10.5 Å². The lowest BCUT2D eigenvalue weighted by Gasteiger charge is -2.62. The Morgan fingerprint density at radius 3 is 2.16 bits per heavy atom. The minimum atomic E-state index is -4.55. The van der Waals surface area contributed by atoms with E-state index in [4.69, 9.17) is 0 Å². The van der Waals surface area contributed by atoms with Gasteiger partial charge in [0, 0.05) is 12.3 Å². The first-order valence-corrected chi connectivity index (χ1v) is 19.2. The molecule has 2 nitrogen and oxygen atoms in total. The third kappa shape index (κ3) is 5.71. The fourth-order valence-electron chi connectivity index (χ4n) is 12.1. The number of hydrogen-bond acceptors (Lipinski definition) is 2. The van der Waals surface area contributed by atoms with Gasteiger partial charge in [-0.1, -0.05) is 71.6 Å². The Morgan fingerprint density at radius 2 is 1.50 bits per heavy atom. The van der Waals surface area contributed by atoms with Gasteiger partial charge in [-0.25, -0.2) is 0 Å². The van der Waals surface area contributed by atoms with Crippen LogP contribution in [0.5, 0.6) is 0 Å². The molecule has 6 heteroatoms. The average molecular weight is 635 g/mol. The van der Waals surface area contributed by atoms with Crippen LogP contribution in [0.4, 0.5) is 13.2 Å². The maximum absolute atomic E-state index is 14.5. The van der Waals surface area contributed by atoms with E-state index < -0.39 is 23.0 Å². The van der Waals surface area contributed by atoms with Gasteiger partial charge >= 0.3 is 6.18 Å². The highest BCUT2D eigenvalue weighted by molar-refractivity contribution is 7.92. The molecular formula is C38H57F3O2S. The molecule has 5 aliphatic rings. The van der Waals surface area contributed by atoms with Gasteiger partial charge in [0.25, 0.3) is 0 Å². The van der Waals surface area contributed by atoms with E-state index in [1.807, 2.05) is 18.2 Å². The average Bonchev–Trinajstić information content (AvgIpc) is 3.20. The lowest BCUT2D eigenvalue weighted by molar-refractivity contribution is -0.290. The summed E-state index contributed by atoms with van der Waals surface area (Å²) in [6.45, 7) is 9.70. The normalized spacial score (nSPS) is 42.7. The number of halogens is 3. The number of fused-ring (bicyclic) bond motifs is 5. The van der Waals surface area contributed by atoms with E-state index in [2.05, 4.69) is 39.8 Å². The van der Waals surface area contributed by atoms with Crippen molar-refractivity contribution in [2.24, 2.45) is 51.8 Å². The molecule has 2 unspecified atom stereocenters. The van der Waals surface area contributed by atoms with Crippen molar-refractivity contribution in [1.82, 2.24) is 0 Å². The summed E-state index contributed by atoms with van der Waals surface area (Å²) in [5.74, 6) is 2.42. The van der Waals surface area contributed by atoms with E-state index in [1.165, 1.54) is 51.4 Å². The molecule has 0 heterocycles. The molecule has 248 valence electrons. The SMILES string of the molecule is C[C@H](C(CC1(C)CCCCCC1)[S+]([O-])c1ccccc1)[C@H]1CC[C@H]2[C@@H]3CC[C@H]4C[C@](O)(C(F)(F)F)CC[C@]4(C)[C@H]3CC[C@]12C. The zero-order valence-electron chi connectivity index (χ0n) is 27.6. The first kappa shape index (κ1) is 33.2. The lowest BCUT2D eigenvalue weighted by atomic mass is 9.43. The van der Waals surface area contributed by atoms with Gasteiger partial charge in [-0.15, -0.1) is 0 Å². The number of aliphatic hydroxyl groups is 1. The van der Waals surface area contributed by atoms with E-state index in [9.17, 15) is 22.8 Å². The first-order chi connectivity index (χ1) is 20.7. The molecule has 0 radical (unpaired) electrons. The van der Waals surface area contributed by atoms with Gasteiger partial charge in [0.1, 0.15) is 5.25 Å². The Labute approximate surface area is 267 Å². The van der Waals surface area contributed by atoms with Crippen molar-refractivity contribution in [3.63, 3.8) is 0 Å². The molecule has 0 amide bonds. The summed E-state index contributed by atoms with van der Waals surface area (Å²) >= 11 is -1.06. The molecule has 5 saturated carbocycles. The molecule has 0 aromatic heterocycles. The van der Waals surface area contributed by atoms with E-state index in [0.29, 0.717) is 36.0 Å². The smallest absolute Gasteiger partial charge is 0.417 e. The molecule has 5 aliphatic carbocycles. The minimum Gasteiger partial charge on any atom is -0.611 e. The van der Waals surface area contributed by atoms with E-state index in [1.54, 1.807) is 0 Å². The van der Waals surface area contributed by atoms with Crippen LogP contribution in [0.3, 0.4) is 0 Å². The summed E-state index contributed by atoms with van der Waals surface area (Å²) in [7, 11) is 0. The Balaban J connectivity index is 1.23. The predicted molar refractivity (Wildman–Crippen MR) is 172 cm³/mol. The van der Waals surface area contributed by atoms with E-state index >= 15 is 0 Å². The summed E-state index contributed by atoms with van der Waals surface area (Å²) in [6.07, 6.45) is 10.7. The van der Waals surface area contributed by atoms with Crippen LogP contribution in [0.15, 0.2) is 35.2 Å². The second kappa shape index (κ2) is 12.1. The minimum absolute atomic E-state index is 0.0532. The van der Waals surface area contributed by atoms with Crippen LogP contribution in [-0.4, -0.2) is 26.7 Å². The monoisotopic (exact) mass is 634 g/mol. The van der Waals surface area contributed by atoms with Gasteiger partial charge in [0.2, 0.25) is 0 Å². The molecule has 5 fully saturated rings. The Bertz CT molecular complexity index is 1130. The first-order valence-electron chi connectivity index (χ1n) is 18.0. The van der Waals surface area contributed by atoms with Crippen LogP contribution in [0.2, 0.25) is 0 Å². The van der Waals surface area contributed by atoms with Gasteiger partial charge in [-0.3, -0.25) is 0 Å². The summed E-state index contributed by atoms with van der Waals surface area (Å²) in [5, 5.41) is 10.8. The molecule has 0 spiro atoms. The fraction of sp³-hybridized carbons (Fsp3) is 0.842. The summed E-state index contributed by atoms with van der Waals surface area (Å²) in [4.78, 5) is 0.965. The van der Waals surface area contributed by atoms with E-state index in [0.717, 1.165) is 37.0 Å². The Kier molecular flexibility index (Phi) is 9.10. The van der Waals surface area contributed by atoms with E-state index in [-0.39, 0.29) is 40.3 Å². The number of alkyl halides is 3. The summed E-state index contributed by atoms with van der Waals surface area (Å²) in [6, 6.07) is 10.2. The maximum atomic E-state index is 14.5. The van der Waals surface area contributed by atoms with Crippen molar-refractivity contribution < 1.29 is 22.8 Å². The molecule has 0 bridgehead atoms. The molecule has 1 N–H and O–H groups in total. The molecule has 0 saturated heterocycles. The molecule has 44 heavy (non-hydrogen) atoms. The third-order valence-electron chi connectivity index (χ3n) is 14.8. The lowest BCUT2D eigenvalue weighted by Crippen LogP contribution is -2.59. The van der Waals surface area contributed by atoms with Gasteiger partial charge < -0.3 is 9.66 Å². The molecule has 1 aromatic rings. The van der Waals surface area contributed by atoms with Gasteiger partial charge in [-0.2, -0.15) is 13.2 Å².